The van der Waals surface area contributed by atoms with E-state index in [0.717, 1.165) is 41.4 Å². The standard InChI is InChI=1S/C19H21NO4/c1-11-4-3-5-13-12(2)16(24-15(11)13)17(21)20-8-6-19(7-9-20)10-14(19)18(22)23/h3-5,14H,6-10H2,1-2H3,(H,22,23). The second-order valence-electron chi connectivity index (χ2n) is 7.26. The lowest BCUT2D eigenvalue weighted by molar-refractivity contribution is -0.139. The average Bonchev–Trinajstić information content (AvgIpc) is 3.16. The quantitative estimate of drug-likeness (QED) is 0.918. The Balaban J connectivity index is 1.55. The predicted octanol–water partition coefficient (Wildman–Crippen LogP) is 3.38. The molecule has 1 spiro atoms. The topological polar surface area (TPSA) is 70.8 Å². The van der Waals surface area contributed by atoms with Gasteiger partial charge in [0.15, 0.2) is 5.76 Å². The number of amides is 1. The lowest BCUT2D eigenvalue weighted by atomic mass is 9.90. The van der Waals surface area contributed by atoms with Gasteiger partial charge in [0.1, 0.15) is 5.58 Å². The van der Waals surface area contributed by atoms with Crippen molar-refractivity contribution in [3.05, 3.63) is 35.1 Å². The highest BCUT2D eigenvalue weighted by molar-refractivity contribution is 5.99. The molecule has 1 atom stereocenters. The van der Waals surface area contributed by atoms with Crippen LogP contribution in [0.15, 0.2) is 22.6 Å². The van der Waals surface area contributed by atoms with E-state index in [2.05, 4.69) is 0 Å². The minimum atomic E-state index is -0.696. The van der Waals surface area contributed by atoms with Gasteiger partial charge < -0.3 is 14.4 Å². The Hall–Kier alpha value is -2.30. The first-order valence-electron chi connectivity index (χ1n) is 8.44. The van der Waals surface area contributed by atoms with E-state index in [1.165, 1.54) is 0 Å². The summed E-state index contributed by atoms with van der Waals surface area (Å²) in [6, 6.07) is 5.92. The number of carbonyl (C=O) groups is 2. The van der Waals surface area contributed by atoms with E-state index in [1.54, 1.807) is 0 Å². The van der Waals surface area contributed by atoms with Gasteiger partial charge in [-0.2, -0.15) is 0 Å². The van der Waals surface area contributed by atoms with Gasteiger partial charge in [-0.25, -0.2) is 0 Å². The highest BCUT2D eigenvalue weighted by Gasteiger charge is 2.59. The van der Waals surface area contributed by atoms with E-state index >= 15 is 0 Å². The molecule has 2 aliphatic rings. The van der Waals surface area contributed by atoms with Crippen LogP contribution in [0, 0.1) is 25.2 Å². The number of benzene rings is 1. The first-order chi connectivity index (χ1) is 11.4. The van der Waals surface area contributed by atoms with Crippen molar-refractivity contribution in [1.82, 2.24) is 4.90 Å². The maximum Gasteiger partial charge on any atom is 0.307 e. The Morgan fingerprint density at radius 3 is 2.54 bits per heavy atom. The number of carboxylic acid groups (broad SMARTS) is 1. The largest absolute Gasteiger partial charge is 0.481 e. The van der Waals surface area contributed by atoms with Crippen LogP contribution in [-0.2, 0) is 4.79 Å². The number of piperidine rings is 1. The van der Waals surface area contributed by atoms with Crippen LogP contribution in [-0.4, -0.2) is 35.0 Å². The van der Waals surface area contributed by atoms with Gasteiger partial charge in [0.2, 0.25) is 0 Å². The Morgan fingerprint density at radius 1 is 1.25 bits per heavy atom. The number of hydrogen-bond acceptors (Lipinski definition) is 3. The number of fused-ring (bicyclic) bond motifs is 1. The number of nitrogens with zero attached hydrogens (tertiary/aromatic N) is 1. The number of carbonyl (C=O) groups excluding carboxylic acids is 1. The van der Waals surface area contributed by atoms with Crippen LogP contribution in [0.25, 0.3) is 11.0 Å². The van der Waals surface area contributed by atoms with Crippen LogP contribution in [0.2, 0.25) is 0 Å². The van der Waals surface area contributed by atoms with Crippen LogP contribution >= 0.6 is 0 Å². The summed E-state index contributed by atoms with van der Waals surface area (Å²) in [5, 5.41) is 10.2. The van der Waals surface area contributed by atoms with E-state index < -0.39 is 5.97 Å². The predicted molar refractivity (Wildman–Crippen MR) is 89.0 cm³/mol. The van der Waals surface area contributed by atoms with Crippen molar-refractivity contribution in [2.45, 2.75) is 33.1 Å². The fraction of sp³-hybridized carbons (Fsp3) is 0.474. The molecule has 2 fully saturated rings. The molecule has 0 bridgehead atoms. The third-order valence-corrected chi connectivity index (χ3v) is 5.89. The van der Waals surface area contributed by atoms with E-state index in [1.807, 2.05) is 36.9 Å². The minimum absolute atomic E-state index is 0.0673. The Kier molecular flexibility index (Phi) is 3.24. The minimum Gasteiger partial charge on any atom is -0.481 e. The van der Waals surface area contributed by atoms with E-state index in [9.17, 15) is 14.7 Å². The zero-order valence-corrected chi connectivity index (χ0v) is 14.0. The Labute approximate surface area is 140 Å². The summed E-state index contributed by atoms with van der Waals surface area (Å²) in [6.07, 6.45) is 2.30. The number of hydrogen-bond donors (Lipinski definition) is 1. The molecule has 4 rings (SSSR count). The molecule has 1 N–H and O–H groups in total. The van der Waals surface area contributed by atoms with Gasteiger partial charge in [0.05, 0.1) is 5.92 Å². The Bertz CT molecular complexity index is 842. The van der Waals surface area contributed by atoms with Gasteiger partial charge in [0, 0.05) is 24.0 Å². The van der Waals surface area contributed by atoms with E-state index in [4.69, 9.17) is 4.42 Å². The molecule has 5 nitrogen and oxygen atoms in total. The van der Waals surface area contributed by atoms with Crippen molar-refractivity contribution < 1.29 is 19.1 Å². The van der Waals surface area contributed by atoms with Crippen molar-refractivity contribution in [2.24, 2.45) is 11.3 Å². The van der Waals surface area contributed by atoms with E-state index in [0.29, 0.717) is 18.8 Å². The number of carboxylic acids is 1. The van der Waals surface area contributed by atoms with Gasteiger partial charge in [-0.1, -0.05) is 18.2 Å². The molecule has 2 heterocycles. The van der Waals surface area contributed by atoms with Gasteiger partial charge in [0.25, 0.3) is 5.91 Å². The molecule has 1 saturated heterocycles. The maximum absolute atomic E-state index is 12.9. The second kappa shape index (κ2) is 5.10. The molecule has 1 amide bonds. The van der Waals surface area contributed by atoms with Crippen LogP contribution in [0.3, 0.4) is 0 Å². The van der Waals surface area contributed by atoms with Gasteiger partial charge in [-0.15, -0.1) is 0 Å². The zero-order chi connectivity index (χ0) is 17.1. The molecular weight excluding hydrogens is 306 g/mol. The number of likely N-dealkylation sites (tertiary alicyclic amines) is 1. The summed E-state index contributed by atoms with van der Waals surface area (Å²) < 4.78 is 5.89. The SMILES string of the molecule is Cc1c(C(=O)N2CCC3(CC2)CC3C(=O)O)oc2c(C)cccc12. The van der Waals surface area contributed by atoms with Crippen molar-refractivity contribution >= 4 is 22.8 Å². The molecular formula is C19H21NO4. The average molecular weight is 327 g/mol. The number of para-hydroxylation sites is 1. The molecule has 24 heavy (non-hydrogen) atoms. The molecule has 5 heteroatoms. The van der Waals surface area contributed by atoms with Crippen LogP contribution in [0.1, 0.15) is 40.9 Å². The van der Waals surface area contributed by atoms with Gasteiger partial charge in [-0.3, -0.25) is 9.59 Å². The zero-order valence-electron chi connectivity index (χ0n) is 14.0. The molecule has 1 aromatic heterocycles. The highest BCUT2D eigenvalue weighted by Crippen LogP contribution is 2.59. The summed E-state index contributed by atoms with van der Waals surface area (Å²) in [4.78, 5) is 25.8. The highest BCUT2D eigenvalue weighted by atomic mass is 16.4. The number of aliphatic carboxylic acids is 1. The van der Waals surface area contributed by atoms with Gasteiger partial charge >= 0.3 is 5.97 Å². The fourth-order valence-corrected chi connectivity index (χ4v) is 4.14. The molecule has 1 aliphatic heterocycles. The first-order valence-corrected chi connectivity index (χ1v) is 8.44. The molecule has 0 radical (unpaired) electrons. The molecule has 126 valence electrons. The molecule has 1 aliphatic carbocycles. The van der Waals surface area contributed by atoms with Crippen molar-refractivity contribution in [1.29, 1.82) is 0 Å². The first kappa shape index (κ1) is 15.2. The molecule has 1 saturated carbocycles. The molecule has 2 aromatic rings. The summed E-state index contributed by atoms with van der Waals surface area (Å²) in [5.41, 5.74) is 2.62. The maximum atomic E-state index is 12.9. The summed E-state index contributed by atoms with van der Waals surface area (Å²) >= 11 is 0. The van der Waals surface area contributed by atoms with Crippen molar-refractivity contribution in [3.63, 3.8) is 0 Å². The third kappa shape index (κ3) is 2.14. The summed E-state index contributed by atoms with van der Waals surface area (Å²) in [5.74, 6) is -0.574. The van der Waals surface area contributed by atoms with E-state index in [-0.39, 0.29) is 17.2 Å². The number of rotatable bonds is 2. The third-order valence-electron chi connectivity index (χ3n) is 5.89. The van der Waals surface area contributed by atoms with Crippen LogP contribution in [0.4, 0.5) is 0 Å². The monoisotopic (exact) mass is 327 g/mol. The lowest BCUT2D eigenvalue weighted by Gasteiger charge is -2.32. The smallest absolute Gasteiger partial charge is 0.307 e. The van der Waals surface area contributed by atoms with Gasteiger partial charge in [-0.05, 0) is 44.1 Å². The molecule has 1 unspecified atom stereocenters. The second-order valence-corrected chi connectivity index (χ2v) is 7.26. The lowest BCUT2D eigenvalue weighted by Crippen LogP contribution is -2.40. The van der Waals surface area contributed by atoms with Crippen molar-refractivity contribution in [3.8, 4) is 0 Å². The molecule has 1 aromatic carbocycles. The fourth-order valence-electron chi connectivity index (χ4n) is 4.14. The van der Waals surface area contributed by atoms with Crippen molar-refractivity contribution in [2.75, 3.05) is 13.1 Å². The normalized spacial score (nSPS) is 22.1. The van der Waals surface area contributed by atoms with Crippen LogP contribution in [0.5, 0.6) is 0 Å². The summed E-state index contributed by atoms with van der Waals surface area (Å²) in [7, 11) is 0. The Morgan fingerprint density at radius 2 is 1.96 bits per heavy atom. The number of aryl methyl sites for hydroxylation is 2. The van der Waals surface area contributed by atoms with Crippen LogP contribution < -0.4 is 0 Å². The summed E-state index contributed by atoms with van der Waals surface area (Å²) in [6.45, 7) is 5.12. The number of furan rings is 1.